The molecule has 1 aliphatic heterocycles. The van der Waals surface area contributed by atoms with Gasteiger partial charge in [-0.3, -0.25) is 4.98 Å². The highest BCUT2D eigenvalue weighted by Gasteiger charge is 2.41. The van der Waals surface area contributed by atoms with Crippen LogP contribution in [0.2, 0.25) is 0 Å². The van der Waals surface area contributed by atoms with Gasteiger partial charge in [-0.05, 0) is 43.2 Å². The lowest BCUT2D eigenvalue weighted by Gasteiger charge is -2.38. The number of rotatable bonds is 4. The molecule has 2 aromatic rings. The summed E-state index contributed by atoms with van der Waals surface area (Å²) < 4.78 is 22.2. The fourth-order valence-electron chi connectivity index (χ4n) is 3.05. The van der Waals surface area contributed by atoms with Gasteiger partial charge in [0.05, 0.1) is 12.1 Å². The molecule has 4 atom stereocenters. The lowest BCUT2D eigenvalue weighted by molar-refractivity contribution is -0.253. The minimum Gasteiger partial charge on any atom is -0.462 e. The van der Waals surface area contributed by atoms with Crippen molar-refractivity contribution in [1.82, 2.24) is 4.98 Å². The van der Waals surface area contributed by atoms with Crippen LogP contribution in [0.4, 0.5) is 0 Å². The van der Waals surface area contributed by atoms with Gasteiger partial charge >= 0.3 is 0 Å². The molecule has 24 heavy (non-hydrogen) atoms. The Hall–Kier alpha value is -1.73. The maximum atomic E-state index is 10.3. The molecule has 6 nitrogen and oxygen atoms in total. The molecule has 0 radical (unpaired) electrons. The highest BCUT2D eigenvalue weighted by molar-refractivity contribution is 5.86. The number of hydrogen-bond donors (Lipinski definition) is 1. The number of fused-ring (bicyclic) bond motifs is 1. The molecule has 1 aliphatic rings. The van der Waals surface area contributed by atoms with Crippen molar-refractivity contribution in [3.63, 3.8) is 0 Å². The first kappa shape index (κ1) is 17.1. The number of aryl methyl sites for hydroxylation is 2. The van der Waals surface area contributed by atoms with Crippen molar-refractivity contribution in [2.45, 2.75) is 38.4 Å². The van der Waals surface area contributed by atoms with Gasteiger partial charge in [0.2, 0.25) is 6.29 Å². The second-order valence-corrected chi connectivity index (χ2v) is 6.05. The quantitative estimate of drug-likeness (QED) is 0.923. The molecule has 1 N–H and O–H groups in total. The van der Waals surface area contributed by atoms with E-state index < -0.39 is 24.6 Å². The average molecular weight is 333 g/mol. The molecule has 0 bridgehead atoms. The van der Waals surface area contributed by atoms with E-state index in [1.54, 1.807) is 6.20 Å². The van der Waals surface area contributed by atoms with Crippen LogP contribution in [0.25, 0.3) is 10.9 Å². The third-order valence-corrected chi connectivity index (χ3v) is 4.46. The molecule has 1 aromatic carbocycles. The van der Waals surface area contributed by atoms with E-state index in [-0.39, 0.29) is 6.61 Å². The molecule has 6 heteroatoms. The van der Waals surface area contributed by atoms with Crippen LogP contribution in [0.3, 0.4) is 0 Å². The van der Waals surface area contributed by atoms with Gasteiger partial charge in [0.15, 0.2) is 0 Å². The zero-order valence-electron chi connectivity index (χ0n) is 14.4. The highest BCUT2D eigenvalue weighted by atomic mass is 16.7. The van der Waals surface area contributed by atoms with Crippen molar-refractivity contribution >= 4 is 10.9 Å². The average Bonchev–Trinajstić information content (AvgIpc) is 2.56. The second kappa shape index (κ2) is 7.03. The third-order valence-electron chi connectivity index (χ3n) is 4.46. The summed E-state index contributed by atoms with van der Waals surface area (Å²) in [6.45, 7) is 4.28. The number of hydrogen-bond acceptors (Lipinski definition) is 6. The highest BCUT2D eigenvalue weighted by Crippen LogP contribution is 2.29. The fraction of sp³-hybridized carbons (Fsp3) is 0.500. The Kier molecular flexibility index (Phi) is 5.01. The smallest absolute Gasteiger partial charge is 0.229 e. The second-order valence-electron chi connectivity index (χ2n) is 6.05. The Morgan fingerprint density at radius 1 is 1.17 bits per heavy atom. The summed E-state index contributed by atoms with van der Waals surface area (Å²) in [5, 5.41) is 11.4. The molecular formula is C18H23NO5. The Balaban J connectivity index is 1.88. The van der Waals surface area contributed by atoms with Crippen molar-refractivity contribution in [2.24, 2.45) is 0 Å². The summed E-state index contributed by atoms with van der Waals surface area (Å²) in [4.78, 5) is 4.43. The predicted molar refractivity (Wildman–Crippen MR) is 89.2 cm³/mol. The molecule has 130 valence electrons. The molecule has 2 heterocycles. The summed E-state index contributed by atoms with van der Waals surface area (Å²) >= 11 is 0. The molecule has 1 aromatic heterocycles. The first-order chi connectivity index (χ1) is 11.5. The van der Waals surface area contributed by atoms with Crippen LogP contribution in [-0.2, 0) is 14.2 Å². The van der Waals surface area contributed by atoms with E-state index in [0.717, 1.165) is 22.0 Å². The third kappa shape index (κ3) is 3.10. The SMILES string of the molecule is COC1COC(Oc2cc(C)c3nccc(C)c3c2)C(OC)C1O. The summed E-state index contributed by atoms with van der Waals surface area (Å²) in [5.74, 6) is 0.659. The van der Waals surface area contributed by atoms with Gasteiger partial charge in [0, 0.05) is 25.8 Å². The van der Waals surface area contributed by atoms with Gasteiger partial charge in [0.1, 0.15) is 24.1 Å². The van der Waals surface area contributed by atoms with Crippen LogP contribution in [0, 0.1) is 13.8 Å². The lowest BCUT2D eigenvalue weighted by atomic mass is 10.0. The van der Waals surface area contributed by atoms with Crippen molar-refractivity contribution in [1.29, 1.82) is 0 Å². The van der Waals surface area contributed by atoms with Gasteiger partial charge in [0.25, 0.3) is 0 Å². The Bertz CT molecular complexity index is 720. The standard InChI is InChI=1S/C18H23NO5/c1-10-5-6-19-15-11(2)7-12(8-13(10)15)24-18-17(22-4)16(20)14(21-3)9-23-18/h5-8,14,16-18,20H,9H2,1-4H3. The number of nitrogens with zero attached hydrogens (tertiary/aromatic N) is 1. The molecule has 0 saturated carbocycles. The summed E-state index contributed by atoms with van der Waals surface area (Å²) in [5.41, 5.74) is 3.10. The van der Waals surface area contributed by atoms with E-state index >= 15 is 0 Å². The largest absolute Gasteiger partial charge is 0.462 e. The Labute approximate surface area is 141 Å². The number of aliphatic hydroxyl groups excluding tert-OH is 1. The Morgan fingerprint density at radius 2 is 1.96 bits per heavy atom. The zero-order valence-corrected chi connectivity index (χ0v) is 14.4. The van der Waals surface area contributed by atoms with E-state index in [9.17, 15) is 5.11 Å². The Morgan fingerprint density at radius 3 is 2.67 bits per heavy atom. The van der Waals surface area contributed by atoms with Crippen LogP contribution >= 0.6 is 0 Å². The van der Waals surface area contributed by atoms with Gasteiger partial charge in [-0.15, -0.1) is 0 Å². The first-order valence-corrected chi connectivity index (χ1v) is 7.93. The molecule has 3 rings (SSSR count). The number of aromatic nitrogens is 1. The topological polar surface area (TPSA) is 70.0 Å². The van der Waals surface area contributed by atoms with Crippen LogP contribution in [-0.4, -0.2) is 55.5 Å². The van der Waals surface area contributed by atoms with Crippen molar-refractivity contribution in [2.75, 3.05) is 20.8 Å². The summed E-state index contributed by atoms with van der Waals surface area (Å²) in [6.07, 6.45) is -0.777. The summed E-state index contributed by atoms with van der Waals surface area (Å²) in [6, 6.07) is 5.82. The van der Waals surface area contributed by atoms with E-state index in [4.69, 9.17) is 18.9 Å². The lowest BCUT2D eigenvalue weighted by Crippen LogP contribution is -2.56. The fourth-order valence-corrected chi connectivity index (χ4v) is 3.05. The molecule has 0 aliphatic carbocycles. The number of ether oxygens (including phenoxy) is 4. The van der Waals surface area contributed by atoms with E-state index in [1.165, 1.54) is 14.2 Å². The van der Waals surface area contributed by atoms with Gasteiger partial charge in [-0.2, -0.15) is 0 Å². The van der Waals surface area contributed by atoms with Gasteiger partial charge in [-0.1, -0.05) is 0 Å². The van der Waals surface area contributed by atoms with Gasteiger partial charge < -0.3 is 24.1 Å². The van der Waals surface area contributed by atoms with Crippen molar-refractivity contribution in [3.8, 4) is 5.75 Å². The number of pyridine rings is 1. The van der Waals surface area contributed by atoms with Gasteiger partial charge in [-0.25, -0.2) is 0 Å². The molecular weight excluding hydrogens is 310 g/mol. The number of benzene rings is 1. The van der Waals surface area contributed by atoms with E-state index in [2.05, 4.69) is 4.98 Å². The molecule has 1 saturated heterocycles. The maximum absolute atomic E-state index is 10.3. The minimum absolute atomic E-state index is 0.245. The van der Waals surface area contributed by atoms with Crippen LogP contribution in [0.1, 0.15) is 11.1 Å². The molecule has 1 fully saturated rings. The van der Waals surface area contributed by atoms with E-state index in [1.807, 2.05) is 32.0 Å². The monoisotopic (exact) mass is 333 g/mol. The van der Waals surface area contributed by atoms with Crippen molar-refractivity contribution in [3.05, 3.63) is 35.5 Å². The number of methoxy groups -OCH3 is 2. The maximum Gasteiger partial charge on any atom is 0.229 e. The van der Waals surface area contributed by atoms with Crippen LogP contribution < -0.4 is 4.74 Å². The number of aliphatic hydroxyl groups is 1. The molecule has 4 unspecified atom stereocenters. The van der Waals surface area contributed by atoms with Crippen LogP contribution in [0.15, 0.2) is 24.4 Å². The van der Waals surface area contributed by atoms with E-state index in [0.29, 0.717) is 5.75 Å². The minimum atomic E-state index is -0.816. The normalized spacial score (nSPS) is 27.4. The molecule has 0 amide bonds. The zero-order chi connectivity index (χ0) is 17.3. The molecule has 0 spiro atoms. The summed E-state index contributed by atoms with van der Waals surface area (Å²) in [7, 11) is 3.05. The van der Waals surface area contributed by atoms with Crippen LogP contribution in [0.5, 0.6) is 5.75 Å². The van der Waals surface area contributed by atoms with Crippen molar-refractivity contribution < 1.29 is 24.1 Å². The predicted octanol–water partition coefficient (Wildman–Crippen LogP) is 1.98. The first-order valence-electron chi connectivity index (χ1n) is 7.93.